The van der Waals surface area contributed by atoms with E-state index in [4.69, 9.17) is 24.5 Å². The number of carboxylic acid groups (broad SMARTS) is 1. The summed E-state index contributed by atoms with van der Waals surface area (Å²) in [6.07, 6.45) is 1.74. The molecule has 9 heteroatoms. The monoisotopic (exact) mass is 459 g/mol. The van der Waals surface area contributed by atoms with Gasteiger partial charge in [0, 0.05) is 19.2 Å². The van der Waals surface area contributed by atoms with E-state index in [1.54, 1.807) is 19.1 Å². The number of aromatic carboxylic acids is 1. The SMILES string of the molecule is CCCc1nn(C)c2c(NCc3ccc4c(c3)OCO4)nc(-c3ccc(C(=O)O)c(C)c3)nc12. The zero-order valence-corrected chi connectivity index (χ0v) is 19.3. The molecule has 1 aliphatic rings. The molecule has 0 saturated carbocycles. The van der Waals surface area contributed by atoms with Crippen molar-refractivity contribution in [3.05, 3.63) is 58.8 Å². The zero-order valence-electron chi connectivity index (χ0n) is 19.3. The maximum Gasteiger partial charge on any atom is 0.335 e. The van der Waals surface area contributed by atoms with E-state index in [0.29, 0.717) is 23.8 Å². The van der Waals surface area contributed by atoms with Crippen LogP contribution in [0.4, 0.5) is 5.82 Å². The fourth-order valence-electron chi connectivity index (χ4n) is 4.18. The molecule has 0 aliphatic carbocycles. The number of fused-ring (bicyclic) bond motifs is 2. The van der Waals surface area contributed by atoms with E-state index in [2.05, 4.69) is 12.2 Å². The van der Waals surface area contributed by atoms with Crippen LogP contribution in [0.3, 0.4) is 0 Å². The van der Waals surface area contributed by atoms with E-state index < -0.39 is 5.97 Å². The maximum atomic E-state index is 11.4. The molecule has 34 heavy (non-hydrogen) atoms. The molecule has 4 aromatic rings. The Bertz CT molecular complexity index is 1410. The summed E-state index contributed by atoms with van der Waals surface area (Å²) in [6, 6.07) is 11.0. The van der Waals surface area contributed by atoms with Gasteiger partial charge in [-0.1, -0.05) is 25.5 Å². The Morgan fingerprint density at radius 1 is 1.15 bits per heavy atom. The van der Waals surface area contributed by atoms with E-state index in [1.807, 2.05) is 36.0 Å². The molecule has 9 nitrogen and oxygen atoms in total. The van der Waals surface area contributed by atoms with Gasteiger partial charge >= 0.3 is 5.97 Å². The highest BCUT2D eigenvalue weighted by Crippen LogP contribution is 2.33. The molecule has 0 fully saturated rings. The molecule has 0 amide bonds. The van der Waals surface area contributed by atoms with Gasteiger partial charge in [0.05, 0.1) is 11.3 Å². The Morgan fingerprint density at radius 2 is 1.97 bits per heavy atom. The second-order valence-electron chi connectivity index (χ2n) is 8.29. The number of anilines is 1. The molecule has 0 radical (unpaired) electrons. The number of aromatic nitrogens is 4. The minimum atomic E-state index is -0.955. The van der Waals surface area contributed by atoms with Gasteiger partial charge < -0.3 is 19.9 Å². The number of hydrogen-bond acceptors (Lipinski definition) is 7. The number of hydrogen-bond donors (Lipinski definition) is 2. The minimum absolute atomic E-state index is 0.234. The molecule has 0 saturated heterocycles. The molecule has 2 N–H and O–H groups in total. The second-order valence-corrected chi connectivity index (χ2v) is 8.29. The number of benzene rings is 2. The lowest BCUT2D eigenvalue weighted by Crippen LogP contribution is -2.06. The average Bonchev–Trinajstić information content (AvgIpc) is 3.41. The summed E-state index contributed by atoms with van der Waals surface area (Å²) >= 11 is 0. The number of carbonyl (C=O) groups is 1. The summed E-state index contributed by atoms with van der Waals surface area (Å²) < 4.78 is 12.7. The third-order valence-corrected chi connectivity index (χ3v) is 5.85. The highest BCUT2D eigenvalue weighted by Gasteiger charge is 2.19. The first-order valence-electron chi connectivity index (χ1n) is 11.1. The summed E-state index contributed by atoms with van der Waals surface area (Å²) in [6.45, 7) is 4.64. The van der Waals surface area contributed by atoms with Crippen molar-refractivity contribution in [1.29, 1.82) is 0 Å². The molecule has 0 unspecified atom stereocenters. The minimum Gasteiger partial charge on any atom is -0.478 e. The van der Waals surface area contributed by atoms with Crippen LogP contribution >= 0.6 is 0 Å². The molecular weight excluding hydrogens is 434 g/mol. The quantitative estimate of drug-likeness (QED) is 0.420. The Balaban J connectivity index is 1.57. The topological polar surface area (TPSA) is 111 Å². The molecule has 5 rings (SSSR count). The largest absolute Gasteiger partial charge is 0.478 e. The van der Waals surface area contributed by atoms with E-state index in [0.717, 1.165) is 52.2 Å². The van der Waals surface area contributed by atoms with Crippen molar-refractivity contribution in [1.82, 2.24) is 19.7 Å². The van der Waals surface area contributed by atoms with Crippen molar-refractivity contribution in [2.45, 2.75) is 33.2 Å². The summed E-state index contributed by atoms with van der Waals surface area (Å²) in [7, 11) is 1.89. The Morgan fingerprint density at radius 3 is 2.74 bits per heavy atom. The molecule has 0 atom stereocenters. The summed E-state index contributed by atoms with van der Waals surface area (Å²) in [5, 5.41) is 17.5. The summed E-state index contributed by atoms with van der Waals surface area (Å²) in [4.78, 5) is 21.1. The Labute approximate surface area is 196 Å². The van der Waals surface area contributed by atoms with Gasteiger partial charge in [-0.2, -0.15) is 5.10 Å². The number of aryl methyl sites for hydroxylation is 3. The van der Waals surface area contributed by atoms with Gasteiger partial charge in [0.15, 0.2) is 23.1 Å². The summed E-state index contributed by atoms with van der Waals surface area (Å²) in [5.41, 5.74) is 5.22. The Hall–Kier alpha value is -4.14. The van der Waals surface area contributed by atoms with Gasteiger partial charge in [0.2, 0.25) is 6.79 Å². The third kappa shape index (κ3) is 3.89. The smallest absolute Gasteiger partial charge is 0.335 e. The van der Waals surface area contributed by atoms with E-state index in [-0.39, 0.29) is 12.4 Å². The molecule has 1 aliphatic heterocycles. The van der Waals surface area contributed by atoms with E-state index in [9.17, 15) is 9.90 Å². The van der Waals surface area contributed by atoms with Crippen LogP contribution < -0.4 is 14.8 Å². The molecule has 0 bridgehead atoms. The van der Waals surface area contributed by atoms with Crippen LogP contribution in [-0.4, -0.2) is 37.6 Å². The molecular formula is C25H25N5O4. The average molecular weight is 460 g/mol. The van der Waals surface area contributed by atoms with Gasteiger partial charge in [-0.25, -0.2) is 14.8 Å². The number of nitrogens with zero attached hydrogens (tertiary/aromatic N) is 4. The molecule has 3 heterocycles. The van der Waals surface area contributed by atoms with Crippen molar-refractivity contribution in [3.63, 3.8) is 0 Å². The van der Waals surface area contributed by atoms with Crippen LogP contribution in [0.2, 0.25) is 0 Å². The molecule has 2 aromatic carbocycles. The van der Waals surface area contributed by atoms with Crippen LogP contribution in [0.15, 0.2) is 36.4 Å². The van der Waals surface area contributed by atoms with Crippen LogP contribution in [0, 0.1) is 6.92 Å². The van der Waals surface area contributed by atoms with Crippen molar-refractivity contribution in [2.24, 2.45) is 7.05 Å². The predicted octanol–water partition coefficient (Wildman–Crippen LogP) is 4.33. The van der Waals surface area contributed by atoms with Gasteiger partial charge in [-0.05, 0) is 48.7 Å². The van der Waals surface area contributed by atoms with E-state index in [1.165, 1.54) is 0 Å². The van der Waals surface area contributed by atoms with Crippen molar-refractivity contribution in [3.8, 4) is 22.9 Å². The molecule has 2 aromatic heterocycles. The number of ether oxygens (including phenoxy) is 2. The van der Waals surface area contributed by atoms with Crippen molar-refractivity contribution in [2.75, 3.05) is 12.1 Å². The predicted molar refractivity (Wildman–Crippen MR) is 127 cm³/mol. The van der Waals surface area contributed by atoms with Crippen molar-refractivity contribution < 1.29 is 19.4 Å². The molecule has 0 spiro atoms. The van der Waals surface area contributed by atoms with Gasteiger partial charge in [0.1, 0.15) is 11.0 Å². The number of nitrogens with one attached hydrogen (secondary N) is 1. The second kappa shape index (κ2) is 8.66. The Kier molecular flexibility index (Phi) is 5.53. The normalized spacial score (nSPS) is 12.3. The highest BCUT2D eigenvalue weighted by molar-refractivity contribution is 5.91. The lowest BCUT2D eigenvalue weighted by Gasteiger charge is -2.11. The standard InChI is InChI=1S/C25H25N5O4/c1-4-5-18-21-22(30(3)29-18)24(26-12-15-6-9-19-20(11-15)34-13-33-19)28-23(27-21)16-7-8-17(25(31)32)14(2)10-16/h6-11H,4-5,12-13H2,1-3H3,(H,31,32)(H,26,27,28). The van der Waals surface area contributed by atoms with E-state index >= 15 is 0 Å². The highest BCUT2D eigenvalue weighted by atomic mass is 16.7. The lowest BCUT2D eigenvalue weighted by molar-refractivity contribution is 0.0696. The first kappa shape index (κ1) is 21.7. The van der Waals surface area contributed by atoms with Crippen LogP contribution in [0.5, 0.6) is 11.5 Å². The fraction of sp³-hybridized carbons (Fsp3) is 0.280. The van der Waals surface area contributed by atoms with Crippen molar-refractivity contribution >= 4 is 22.8 Å². The summed E-state index contributed by atoms with van der Waals surface area (Å²) in [5.74, 6) is 1.70. The van der Waals surface area contributed by atoms with Crippen LogP contribution in [0.25, 0.3) is 22.4 Å². The van der Waals surface area contributed by atoms with Gasteiger partial charge in [-0.3, -0.25) is 4.68 Å². The van der Waals surface area contributed by atoms with Crippen LogP contribution in [0.1, 0.15) is 40.5 Å². The fourth-order valence-corrected chi connectivity index (χ4v) is 4.18. The lowest BCUT2D eigenvalue weighted by atomic mass is 10.0. The number of rotatable bonds is 7. The first-order chi connectivity index (χ1) is 16.4. The van der Waals surface area contributed by atoms with Gasteiger partial charge in [-0.15, -0.1) is 0 Å². The number of carboxylic acids is 1. The van der Waals surface area contributed by atoms with Crippen LogP contribution in [-0.2, 0) is 20.0 Å². The zero-order chi connectivity index (χ0) is 23.8. The first-order valence-corrected chi connectivity index (χ1v) is 11.1. The maximum absolute atomic E-state index is 11.4. The van der Waals surface area contributed by atoms with Gasteiger partial charge in [0.25, 0.3) is 0 Å². The third-order valence-electron chi connectivity index (χ3n) is 5.85. The molecule has 174 valence electrons.